The number of allylic oxidation sites excluding steroid dienone is 1. The summed E-state index contributed by atoms with van der Waals surface area (Å²) in [6, 6.07) is 15.5. The molecule has 1 aliphatic heterocycles. The van der Waals surface area contributed by atoms with E-state index in [1.54, 1.807) is 18.4 Å². The smallest absolute Gasteiger partial charge is 0.338 e. The largest absolute Gasteiger partial charge is 0.463 e. The predicted octanol–water partition coefficient (Wildman–Crippen LogP) is 4.23. The van der Waals surface area contributed by atoms with Gasteiger partial charge >= 0.3 is 5.97 Å². The van der Waals surface area contributed by atoms with Gasteiger partial charge in [-0.15, -0.1) is 0 Å². The third-order valence-corrected chi connectivity index (χ3v) is 6.79. The highest BCUT2D eigenvalue weighted by Gasteiger charge is 2.33. The van der Waals surface area contributed by atoms with Crippen LogP contribution < -0.4 is 14.9 Å². The molecule has 0 fully saturated rings. The Hall–Kier alpha value is -3.25. The monoisotopic (exact) mass is 460 g/mol. The highest BCUT2D eigenvalue weighted by molar-refractivity contribution is 7.07. The van der Waals surface area contributed by atoms with Gasteiger partial charge in [0.05, 0.1) is 28.5 Å². The van der Waals surface area contributed by atoms with Gasteiger partial charge in [-0.25, -0.2) is 9.79 Å². The fraction of sp³-hybridized carbons (Fsp3) is 0.296. The summed E-state index contributed by atoms with van der Waals surface area (Å²) in [5.74, 6) is 0.00557. The van der Waals surface area contributed by atoms with Crippen LogP contribution in [0.5, 0.6) is 0 Å². The van der Waals surface area contributed by atoms with Gasteiger partial charge in [-0.1, -0.05) is 79.3 Å². The zero-order valence-electron chi connectivity index (χ0n) is 19.6. The molecule has 0 spiro atoms. The van der Waals surface area contributed by atoms with Crippen molar-refractivity contribution in [2.45, 2.75) is 46.6 Å². The van der Waals surface area contributed by atoms with Crippen molar-refractivity contribution in [1.29, 1.82) is 0 Å². The van der Waals surface area contributed by atoms with Crippen molar-refractivity contribution >= 4 is 23.4 Å². The number of carbonyl (C=O) groups is 1. The fourth-order valence-electron chi connectivity index (χ4n) is 3.98. The van der Waals surface area contributed by atoms with Gasteiger partial charge in [0.25, 0.3) is 5.56 Å². The minimum atomic E-state index is -0.577. The molecule has 1 aliphatic rings. The van der Waals surface area contributed by atoms with Gasteiger partial charge in [-0.05, 0) is 49.5 Å². The van der Waals surface area contributed by atoms with Crippen LogP contribution in [0.1, 0.15) is 61.9 Å². The zero-order valence-corrected chi connectivity index (χ0v) is 20.4. The van der Waals surface area contributed by atoms with Crippen LogP contribution >= 0.6 is 11.3 Å². The maximum absolute atomic E-state index is 13.6. The molecule has 0 radical (unpaired) electrons. The molecule has 3 aromatic rings. The maximum atomic E-state index is 13.6. The third kappa shape index (κ3) is 4.48. The molecule has 0 unspecified atom stereocenters. The second-order valence-electron chi connectivity index (χ2n) is 8.53. The van der Waals surface area contributed by atoms with Crippen molar-refractivity contribution in [2.75, 3.05) is 6.61 Å². The van der Waals surface area contributed by atoms with Crippen molar-refractivity contribution in [2.24, 2.45) is 4.99 Å². The first-order valence-electron chi connectivity index (χ1n) is 11.2. The molecule has 0 amide bonds. The molecule has 5 nitrogen and oxygen atoms in total. The molecule has 4 rings (SSSR count). The number of aryl methyl sites for hydroxylation is 1. The number of esters is 1. The second-order valence-corrected chi connectivity index (χ2v) is 9.54. The average molecular weight is 461 g/mol. The summed E-state index contributed by atoms with van der Waals surface area (Å²) in [7, 11) is 0. The van der Waals surface area contributed by atoms with E-state index in [2.05, 4.69) is 31.0 Å². The molecular formula is C27H28N2O3S. The van der Waals surface area contributed by atoms with Crippen molar-refractivity contribution in [1.82, 2.24) is 4.57 Å². The van der Waals surface area contributed by atoms with E-state index >= 15 is 0 Å². The summed E-state index contributed by atoms with van der Waals surface area (Å²) in [5.41, 5.74) is 4.99. The van der Waals surface area contributed by atoms with E-state index in [9.17, 15) is 9.59 Å². The number of rotatable bonds is 5. The topological polar surface area (TPSA) is 60.7 Å². The van der Waals surface area contributed by atoms with Crippen LogP contribution in [-0.4, -0.2) is 17.1 Å². The van der Waals surface area contributed by atoms with E-state index in [0.717, 1.165) is 16.7 Å². The highest BCUT2D eigenvalue weighted by atomic mass is 32.1. The van der Waals surface area contributed by atoms with Gasteiger partial charge in [-0.3, -0.25) is 9.36 Å². The number of nitrogens with zero attached hydrogens (tertiary/aromatic N) is 2. The van der Waals surface area contributed by atoms with E-state index in [4.69, 9.17) is 4.74 Å². The lowest BCUT2D eigenvalue weighted by Crippen LogP contribution is -2.39. The summed E-state index contributed by atoms with van der Waals surface area (Å²) in [6.07, 6.45) is 1.89. The lowest BCUT2D eigenvalue weighted by atomic mass is 9.95. The lowest BCUT2D eigenvalue weighted by Gasteiger charge is -2.24. The number of hydrogen-bond acceptors (Lipinski definition) is 5. The molecule has 2 heterocycles. The quantitative estimate of drug-likeness (QED) is 0.536. The molecule has 33 heavy (non-hydrogen) atoms. The molecule has 0 bridgehead atoms. The van der Waals surface area contributed by atoms with Crippen LogP contribution in [0.25, 0.3) is 6.08 Å². The van der Waals surface area contributed by atoms with Crippen molar-refractivity contribution in [3.8, 4) is 0 Å². The third-order valence-electron chi connectivity index (χ3n) is 5.81. The number of aromatic nitrogens is 1. The molecule has 6 heteroatoms. The molecule has 0 saturated carbocycles. The first-order chi connectivity index (χ1) is 15.8. The zero-order chi connectivity index (χ0) is 23.7. The number of thiazole rings is 1. The van der Waals surface area contributed by atoms with E-state index in [0.29, 0.717) is 26.5 Å². The second kappa shape index (κ2) is 9.32. The Morgan fingerprint density at radius 3 is 2.39 bits per heavy atom. The fourth-order valence-corrected chi connectivity index (χ4v) is 5.03. The Labute approximate surface area is 197 Å². The molecule has 1 aromatic heterocycles. The van der Waals surface area contributed by atoms with E-state index < -0.39 is 12.0 Å². The number of carbonyl (C=O) groups excluding carboxylic acids is 1. The van der Waals surface area contributed by atoms with Crippen LogP contribution in [0.2, 0.25) is 0 Å². The number of hydrogen-bond donors (Lipinski definition) is 0. The first-order valence-corrected chi connectivity index (χ1v) is 12.0. The summed E-state index contributed by atoms with van der Waals surface area (Å²) < 4.78 is 7.55. The number of fused-ring (bicyclic) bond motifs is 1. The van der Waals surface area contributed by atoms with Crippen LogP contribution in [0.3, 0.4) is 0 Å². The van der Waals surface area contributed by atoms with Gasteiger partial charge in [0, 0.05) is 0 Å². The average Bonchev–Trinajstić information content (AvgIpc) is 3.08. The van der Waals surface area contributed by atoms with Gasteiger partial charge < -0.3 is 4.74 Å². The van der Waals surface area contributed by atoms with Crippen LogP contribution in [0.15, 0.2) is 69.6 Å². The summed E-state index contributed by atoms with van der Waals surface area (Å²) in [5, 5.41) is 0. The minimum Gasteiger partial charge on any atom is -0.463 e. The Morgan fingerprint density at radius 2 is 1.79 bits per heavy atom. The number of benzene rings is 2. The summed E-state index contributed by atoms with van der Waals surface area (Å²) >= 11 is 1.34. The summed E-state index contributed by atoms with van der Waals surface area (Å²) in [4.78, 5) is 31.7. The Balaban J connectivity index is 1.90. The summed E-state index contributed by atoms with van der Waals surface area (Å²) in [6.45, 7) is 10.1. The molecule has 170 valence electrons. The van der Waals surface area contributed by atoms with Gasteiger partial charge in [0.1, 0.15) is 0 Å². The van der Waals surface area contributed by atoms with Crippen LogP contribution in [0.4, 0.5) is 0 Å². The van der Waals surface area contributed by atoms with Gasteiger partial charge in [0.15, 0.2) is 4.80 Å². The van der Waals surface area contributed by atoms with Gasteiger partial charge in [0.2, 0.25) is 0 Å². The molecule has 1 atom stereocenters. The van der Waals surface area contributed by atoms with Crippen LogP contribution in [-0.2, 0) is 9.53 Å². The lowest BCUT2D eigenvalue weighted by molar-refractivity contribution is -0.139. The maximum Gasteiger partial charge on any atom is 0.338 e. The first kappa shape index (κ1) is 22.9. The molecule has 0 aliphatic carbocycles. The van der Waals surface area contributed by atoms with Crippen molar-refractivity contribution in [3.63, 3.8) is 0 Å². The highest BCUT2D eigenvalue weighted by Crippen LogP contribution is 2.30. The van der Waals surface area contributed by atoms with Crippen molar-refractivity contribution in [3.05, 3.63) is 102 Å². The SMILES string of the molecule is CCOC(=O)C1=C(C)N=c2s/c(=C\c3ccc(C(C)C)cc3)c(=O)n2[C@@H]1c1ccc(C)cc1. The normalized spacial score (nSPS) is 16.1. The van der Waals surface area contributed by atoms with E-state index in [-0.39, 0.29) is 12.2 Å². The molecule has 2 aromatic carbocycles. The molecule has 0 saturated heterocycles. The Morgan fingerprint density at radius 1 is 1.12 bits per heavy atom. The molecular weight excluding hydrogens is 432 g/mol. The minimum absolute atomic E-state index is 0.161. The van der Waals surface area contributed by atoms with Crippen molar-refractivity contribution < 1.29 is 9.53 Å². The van der Waals surface area contributed by atoms with Gasteiger partial charge in [-0.2, -0.15) is 0 Å². The Kier molecular flexibility index (Phi) is 6.47. The predicted molar refractivity (Wildman–Crippen MR) is 132 cm³/mol. The standard InChI is InChI=1S/C27H28N2O3S/c1-6-32-26(31)23-18(5)28-27-29(24(23)21-11-7-17(4)8-12-21)25(30)22(33-27)15-19-9-13-20(14-10-19)16(2)3/h7-16,24H,6H2,1-5H3/b22-15-/t24-/m1/s1. The number of ether oxygens (including phenoxy) is 1. The van der Waals surface area contributed by atoms with E-state index in [1.165, 1.54) is 16.9 Å². The van der Waals surface area contributed by atoms with Crippen LogP contribution in [0, 0.1) is 6.92 Å². The Bertz CT molecular complexity index is 1390. The van der Waals surface area contributed by atoms with E-state index in [1.807, 2.05) is 49.4 Å². The molecule has 0 N–H and O–H groups in total.